The zero-order valence-electron chi connectivity index (χ0n) is 12.2. The average Bonchev–Trinajstić information content (AvgIpc) is 2.32. The van der Waals surface area contributed by atoms with E-state index in [9.17, 15) is 15.3 Å². The number of rotatable bonds is 4. The lowest BCUT2D eigenvalue weighted by Gasteiger charge is -2.55. The maximum Gasteiger partial charge on any atom is 0.115 e. The second-order valence-corrected chi connectivity index (χ2v) is 6.40. The Morgan fingerprint density at radius 1 is 1.22 bits per heavy atom. The Labute approximate surface area is 110 Å². The third-order valence-electron chi connectivity index (χ3n) is 4.35. The molecule has 108 valence electrons. The van der Waals surface area contributed by atoms with Gasteiger partial charge in [0.05, 0.1) is 24.9 Å². The lowest BCUT2D eigenvalue weighted by molar-refractivity contribution is -0.294. The van der Waals surface area contributed by atoms with Gasteiger partial charge in [0.1, 0.15) is 5.60 Å². The topological polar surface area (TPSA) is 69.9 Å². The Morgan fingerprint density at radius 2 is 1.78 bits per heavy atom. The molecule has 4 nitrogen and oxygen atoms in total. The van der Waals surface area contributed by atoms with Crippen LogP contribution in [0.25, 0.3) is 0 Å². The van der Waals surface area contributed by atoms with Crippen molar-refractivity contribution in [1.29, 1.82) is 0 Å². The lowest BCUT2D eigenvalue weighted by atomic mass is 9.65. The van der Waals surface area contributed by atoms with E-state index in [4.69, 9.17) is 4.74 Å². The molecule has 3 N–H and O–H groups in total. The molecule has 1 aliphatic rings. The highest BCUT2D eigenvalue weighted by Gasteiger charge is 2.57. The minimum Gasteiger partial charge on any atom is -0.393 e. The van der Waals surface area contributed by atoms with Crippen LogP contribution >= 0.6 is 0 Å². The Bertz CT molecular complexity index is 281. The molecule has 1 heterocycles. The minimum absolute atomic E-state index is 0.134. The van der Waals surface area contributed by atoms with Crippen LogP contribution in [0.5, 0.6) is 0 Å². The van der Waals surface area contributed by atoms with Crippen molar-refractivity contribution in [2.45, 2.75) is 71.4 Å². The molecule has 0 aromatic carbocycles. The van der Waals surface area contributed by atoms with E-state index in [0.717, 1.165) is 6.42 Å². The highest BCUT2D eigenvalue weighted by Crippen LogP contribution is 2.46. The Balaban J connectivity index is 3.14. The van der Waals surface area contributed by atoms with Gasteiger partial charge in [0.15, 0.2) is 0 Å². The van der Waals surface area contributed by atoms with Gasteiger partial charge < -0.3 is 20.1 Å². The summed E-state index contributed by atoms with van der Waals surface area (Å²) in [5.41, 5.74) is -1.64. The Hall–Kier alpha value is -0.160. The smallest absolute Gasteiger partial charge is 0.115 e. The van der Waals surface area contributed by atoms with Crippen LogP contribution in [0.1, 0.15) is 47.5 Å². The summed E-state index contributed by atoms with van der Waals surface area (Å²) in [5, 5.41) is 30.6. The van der Waals surface area contributed by atoms with E-state index in [2.05, 4.69) is 0 Å². The molecule has 0 bridgehead atoms. The van der Waals surface area contributed by atoms with E-state index < -0.39 is 23.2 Å². The maximum atomic E-state index is 10.5. The molecule has 5 atom stereocenters. The predicted molar refractivity (Wildman–Crippen MR) is 70.2 cm³/mol. The summed E-state index contributed by atoms with van der Waals surface area (Å²) in [4.78, 5) is 0. The largest absolute Gasteiger partial charge is 0.393 e. The first kappa shape index (κ1) is 15.9. The van der Waals surface area contributed by atoms with Crippen molar-refractivity contribution in [3.63, 3.8) is 0 Å². The second kappa shape index (κ2) is 5.45. The van der Waals surface area contributed by atoms with Crippen LogP contribution in [0.15, 0.2) is 0 Å². The van der Waals surface area contributed by atoms with E-state index in [0.29, 0.717) is 6.42 Å². The van der Waals surface area contributed by atoms with E-state index in [-0.39, 0.29) is 18.6 Å². The number of hydrogen-bond donors (Lipinski definition) is 3. The fraction of sp³-hybridized carbons (Fsp3) is 1.00. The third-order valence-corrected chi connectivity index (χ3v) is 4.35. The fourth-order valence-electron chi connectivity index (χ4n) is 3.12. The first-order valence-corrected chi connectivity index (χ1v) is 6.87. The highest BCUT2D eigenvalue weighted by atomic mass is 16.5. The number of hydrogen-bond acceptors (Lipinski definition) is 4. The van der Waals surface area contributed by atoms with Crippen LogP contribution in [0.4, 0.5) is 0 Å². The van der Waals surface area contributed by atoms with Crippen molar-refractivity contribution >= 4 is 0 Å². The zero-order chi connectivity index (χ0) is 14.1. The van der Waals surface area contributed by atoms with Gasteiger partial charge in [-0.2, -0.15) is 0 Å². The molecule has 0 aromatic heterocycles. The molecule has 5 unspecified atom stereocenters. The van der Waals surface area contributed by atoms with Gasteiger partial charge in [-0.05, 0) is 19.3 Å². The second-order valence-electron chi connectivity index (χ2n) is 6.40. The Morgan fingerprint density at radius 3 is 2.17 bits per heavy atom. The number of aliphatic hydroxyl groups is 3. The molecule has 0 saturated carbocycles. The van der Waals surface area contributed by atoms with E-state index in [1.54, 1.807) is 6.92 Å². The lowest BCUT2D eigenvalue weighted by Crippen LogP contribution is -2.67. The molecule has 18 heavy (non-hydrogen) atoms. The third kappa shape index (κ3) is 2.44. The average molecular weight is 260 g/mol. The maximum absolute atomic E-state index is 10.5. The first-order valence-electron chi connectivity index (χ1n) is 6.87. The number of ether oxygens (including phenoxy) is 1. The van der Waals surface area contributed by atoms with Crippen LogP contribution in [-0.4, -0.2) is 45.8 Å². The normalized spacial score (nSPS) is 45.5. The Kier molecular flexibility index (Phi) is 4.81. The quantitative estimate of drug-likeness (QED) is 0.713. The van der Waals surface area contributed by atoms with Crippen molar-refractivity contribution < 1.29 is 20.1 Å². The van der Waals surface area contributed by atoms with E-state index in [1.165, 1.54) is 0 Å². The minimum atomic E-state index is -1.00. The fourth-order valence-corrected chi connectivity index (χ4v) is 3.12. The van der Waals surface area contributed by atoms with Gasteiger partial charge in [0.25, 0.3) is 0 Å². The molecule has 0 spiro atoms. The van der Waals surface area contributed by atoms with Crippen LogP contribution in [-0.2, 0) is 4.74 Å². The summed E-state index contributed by atoms with van der Waals surface area (Å²) in [6.45, 7) is 9.35. The molecule has 1 rings (SSSR count). The SMILES string of the molecule is CCCC1(C)C(O)C(C(C)C)OC(C)(CO)C1O. The van der Waals surface area contributed by atoms with Gasteiger partial charge in [0, 0.05) is 5.41 Å². The summed E-state index contributed by atoms with van der Waals surface area (Å²) in [6.07, 6.45) is -0.372. The summed E-state index contributed by atoms with van der Waals surface area (Å²) in [5.74, 6) is 0.134. The molecular weight excluding hydrogens is 232 g/mol. The van der Waals surface area contributed by atoms with Crippen LogP contribution in [0.3, 0.4) is 0 Å². The number of aliphatic hydroxyl groups excluding tert-OH is 3. The summed E-state index contributed by atoms with van der Waals surface area (Å²) < 4.78 is 5.80. The monoisotopic (exact) mass is 260 g/mol. The first-order chi connectivity index (χ1) is 8.23. The predicted octanol–water partition coefficient (Wildman–Crippen LogP) is 1.32. The van der Waals surface area contributed by atoms with Gasteiger partial charge in [-0.25, -0.2) is 0 Å². The zero-order valence-corrected chi connectivity index (χ0v) is 12.2. The molecule has 0 amide bonds. The molecule has 1 aliphatic heterocycles. The highest BCUT2D eigenvalue weighted by molar-refractivity contribution is 5.06. The summed E-state index contributed by atoms with van der Waals surface area (Å²) >= 11 is 0. The summed E-state index contributed by atoms with van der Waals surface area (Å²) in [6, 6.07) is 0. The van der Waals surface area contributed by atoms with Gasteiger partial charge in [-0.1, -0.05) is 34.1 Å². The van der Waals surface area contributed by atoms with Crippen molar-refractivity contribution in [2.75, 3.05) is 6.61 Å². The molecule has 1 saturated heterocycles. The standard InChI is InChI=1S/C14H28O4/c1-6-7-13(4)11(16)10(9(2)3)18-14(5,8-15)12(13)17/h9-12,15-17H,6-8H2,1-5H3. The summed E-state index contributed by atoms with van der Waals surface area (Å²) in [7, 11) is 0. The van der Waals surface area contributed by atoms with Crippen LogP contribution in [0, 0.1) is 11.3 Å². The molecule has 0 aromatic rings. The molecular formula is C14H28O4. The van der Waals surface area contributed by atoms with Gasteiger partial charge in [-0.15, -0.1) is 0 Å². The van der Waals surface area contributed by atoms with Crippen LogP contribution < -0.4 is 0 Å². The van der Waals surface area contributed by atoms with Gasteiger partial charge in [-0.3, -0.25) is 0 Å². The van der Waals surface area contributed by atoms with Crippen molar-refractivity contribution in [3.8, 4) is 0 Å². The van der Waals surface area contributed by atoms with E-state index >= 15 is 0 Å². The van der Waals surface area contributed by atoms with E-state index in [1.807, 2.05) is 27.7 Å². The van der Waals surface area contributed by atoms with Crippen molar-refractivity contribution in [3.05, 3.63) is 0 Å². The van der Waals surface area contributed by atoms with Crippen LogP contribution in [0.2, 0.25) is 0 Å². The van der Waals surface area contributed by atoms with Gasteiger partial charge in [0.2, 0.25) is 0 Å². The molecule has 0 radical (unpaired) electrons. The molecule has 4 heteroatoms. The van der Waals surface area contributed by atoms with Crippen molar-refractivity contribution in [2.24, 2.45) is 11.3 Å². The van der Waals surface area contributed by atoms with Crippen molar-refractivity contribution in [1.82, 2.24) is 0 Å². The molecule has 0 aliphatic carbocycles. The van der Waals surface area contributed by atoms with Gasteiger partial charge >= 0.3 is 0 Å². The molecule has 1 fully saturated rings.